The third-order valence-electron chi connectivity index (χ3n) is 9.39. The monoisotopic (exact) mass is 657 g/mol. The fraction of sp³-hybridized carbons (Fsp3) is 0. The van der Waals surface area contributed by atoms with Gasteiger partial charge >= 0.3 is 0 Å². The van der Waals surface area contributed by atoms with E-state index < -0.39 is 0 Å². The average molecular weight is 658 g/mol. The molecule has 4 heterocycles. The number of hydrogen-bond donors (Lipinski definition) is 0. The fourth-order valence-electron chi connectivity index (χ4n) is 6.95. The van der Waals surface area contributed by atoms with Crippen molar-refractivity contribution in [2.75, 3.05) is 0 Å². The molecule has 10 rings (SSSR count). The van der Waals surface area contributed by atoms with E-state index in [2.05, 4.69) is 114 Å². The van der Waals surface area contributed by atoms with Gasteiger partial charge in [-0.15, -0.1) is 11.3 Å². The number of furan rings is 1. The Kier molecular flexibility index (Phi) is 6.64. The van der Waals surface area contributed by atoms with E-state index in [4.69, 9.17) is 14.4 Å². The lowest BCUT2D eigenvalue weighted by atomic mass is 9.96. The molecule has 0 radical (unpaired) electrons. The lowest BCUT2D eigenvalue weighted by Crippen LogP contribution is -1.97. The second-order valence-corrected chi connectivity index (χ2v) is 13.5. The summed E-state index contributed by atoms with van der Waals surface area (Å²) in [6.45, 7) is 0. The molecule has 234 valence electrons. The molecular weight excluding hydrogens is 631 g/mol. The quantitative estimate of drug-likeness (QED) is 0.185. The molecule has 0 saturated heterocycles. The van der Waals surface area contributed by atoms with E-state index in [9.17, 15) is 0 Å². The first kappa shape index (κ1) is 28.6. The highest BCUT2D eigenvalue weighted by Gasteiger charge is 2.20. The molecule has 0 unspecified atom stereocenters. The van der Waals surface area contributed by atoms with Crippen molar-refractivity contribution < 1.29 is 4.42 Å². The highest BCUT2D eigenvalue weighted by molar-refractivity contribution is 7.25. The van der Waals surface area contributed by atoms with Gasteiger partial charge in [0.1, 0.15) is 11.2 Å². The topological polar surface area (TPSA) is 51.8 Å². The summed E-state index contributed by atoms with van der Waals surface area (Å²) >= 11 is 1.83. The van der Waals surface area contributed by atoms with Crippen molar-refractivity contribution in [2.45, 2.75) is 0 Å². The van der Waals surface area contributed by atoms with E-state index in [1.165, 1.54) is 20.2 Å². The fourth-order valence-corrected chi connectivity index (χ4v) is 8.04. The molecule has 50 heavy (non-hydrogen) atoms. The number of fused-ring (bicyclic) bond motifs is 6. The minimum atomic E-state index is 0.650. The lowest BCUT2D eigenvalue weighted by molar-refractivity contribution is 0.670. The predicted molar refractivity (Wildman–Crippen MR) is 207 cm³/mol. The third kappa shape index (κ3) is 4.79. The highest BCUT2D eigenvalue weighted by Crippen LogP contribution is 2.43. The zero-order valence-corrected chi connectivity index (χ0v) is 27.6. The van der Waals surface area contributed by atoms with Crippen LogP contribution in [0.4, 0.5) is 0 Å². The summed E-state index contributed by atoms with van der Waals surface area (Å²) < 4.78 is 9.28. The zero-order valence-electron chi connectivity index (χ0n) is 26.7. The number of nitrogens with zero attached hydrogens (tertiary/aromatic N) is 3. The Morgan fingerprint density at radius 1 is 0.440 bits per heavy atom. The summed E-state index contributed by atoms with van der Waals surface area (Å²) in [4.78, 5) is 15.0. The second-order valence-electron chi connectivity index (χ2n) is 12.4. The molecule has 4 nitrogen and oxygen atoms in total. The van der Waals surface area contributed by atoms with Crippen LogP contribution in [0.1, 0.15) is 0 Å². The summed E-state index contributed by atoms with van der Waals surface area (Å²) in [5.41, 5.74) is 10.5. The maximum absolute atomic E-state index is 6.71. The average Bonchev–Trinajstić information content (AvgIpc) is 3.77. The van der Waals surface area contributed by atoms with E-state index in [0.717, 1.165) is 72.4 Å². The van der Waals surface area contributed by atoms with Crippen molar-refractivity contribution in [2.24, 2.45) is 0 Å². The Morgan fingerprint density at radius 2 is 1.08 bits per heavy atom. The number of hydrogen-bond acceptors (Lipinski definition) is 5. The van der Waals surface area contributed by atoms with Crippen LogP contribution in [0.25, 0.3) is 98.4 Å². The molecular formula is C45H27N3OS. The molecule has 0 N–H and O–H groups in total. The second kappa shape index (κ2) is 11.6. The number of aromatic nitrogens is 3. The Labute approximate surface area is 292 Å². The number of para-hydroxylation sites is 1. The van der Waals surface area contributed by atoms with Crippen LogP contribution in [0.15, 0.2) is 168 Å². The normalized spacial score (nSPS) is 11.6. The zero-order chi connectivity index (χ0) is 33.0. The predicted octanol–water partition coefficient (Wildman–Crippen LogP) is 12.5. The van der Waals surface area contributed by atoms with Gasteiger partial charge in [-0.2, -0.15) is 0 Å². The molecule has 0 amide bonds. The first-order chi connectivity index (χ1) is 24.8. The van der Waals surface area contributed by atoms with E-state index in [0.29, 0.717) is 5.82 Å². The molecule has 0 atom stereocenters. The van der Waals surface area contributed by atoms with E-state index in [1.54, 1.807) is 0 Å². The smallest absolute Gasteiger partial charge is 0.161 e. The van der Waals surface area contributed by atoms with Gasteiger partial charge in [0, 0.05) is 65.0 Å². The Hall–Kier alpha value is -6.43. The largest absolute Gasteiger partial charge is 0.455 e. The van der Waals surface area contributed by atoms with Crippen molar-refractivity contribution in [1.82, 2.24) is 15.0 Å². The molecule has 4 aromatic heterocycles. The number of pyridine rings is 1. The van der Waals surface area contributed by atoms with Crippen molar-refractivity contribution in [1.29, 1.82) is 0 Å². The molecule has 5 heteroatoms. The first-order valence-corrected chi connectivity index (χ1v) is 17.4. The molecule has 0 saturated carbocycles. The van der Waals surface area contributed by atoms with Crippen LogP contribution < -0.4 is 0 Å². The highest BCUT2D eigenvalue weighted by atomic mass is 32.1. The van der Waals surface area contributed by atoms with Crippen LogP contribution >= 0.6 is 11.3 Å². The summed E-state index contributed by atoms with van der Waals surface area (Å²) in [5, 5.41) is 4.58. The van der Waals surface area contributed by atoms with Crippen LogP contribution in [0.5, 0.6) is 0 Å². The standard InChI is InChI=1S/C45H27N3OS/c1-2-10-28(11-3-1)38-27-39(30-19-17-29(18-20-30)37-14-8-9-25-46-37)48-45(47-38)35-23-22-32(44-43(35)34-13-4-6-15-40(34)49-44)31-21-24-42-36(26-31)33-12-5-7-16-41(33)50-42/h1-27H. The van der Waals surface area contributed by atoms with Crippen molar-refractivity contribution in [3.8, 4) is 56.3 Å². The van der Waals surface area contributed by atoms with E-state index in [1.807, 2.05) is 66.1 Å². The van der Waals surface area contributed by atoms with E-state index >= 15 is 0 Å². The molecule has 0 fully saturated rings. The van der Waals surface area contributed by atoms with Gasteiger partial charge in [-0.3, -0.25) is 4.98 Å². The maximum atomic E-state index is 6.71. The minimum Gasteiger partial charge on any atom is -0.455 e. The van der Waals surface area contributed by atoms with Crippen LogP contribution in [0.3, 0.4) is 0 Å². The summed E-state index contributed by atoms with van der Waals surface area (Å²) in [7, 11) is 0. The van der Waals surface area contributed by atoms with Gasteiger partial charge in [-0.25, -0.2) is 9.97 Å². The third-order valence-corrected chi connectivity index (χ3v) is 10.5. The number of rotatable bonds is 5. The van der Waals surface area contributed by atoms with Crippen molar-refractivity contribution in [3.63, 3.8) is 0 Å². The molecule has 6 aromatic carbocycles. The molecule has 0 bridgehead atoms. The number of thiophene rings is 1. The van der Waals surface area contributed by atoms with Crippen LogP contribution in [-0.2, 0) is 0 Å². The van der Waals surface area contributed by atoms with Crippen molar-refractivity contribution >= 4 is 53.4 Å². The Bertz CT molecular complexity index is 2860. The Morgan fingerprint density at radius 3 is 1.88 bits per heavy atom. The first-order valence-electron chi connectivity index (χ1n) is 16.6. The van der Waals surface area contributed by atoms with Gasteiger partial charge < -0.3 is 4.42 Å². The van der Waals surface area contributed by atoms with Gasteiger partial charge in [-0.1, -0.05) is 103 Å². The van der Waals surface area contributed by atoms with Crippen molar-refractivity contribution in [3.05, 3.63) is 164 Å². The molecule has 0 aliphatic rings. The van der Waals surface area contributed by atoms with Gasteiger partial charge in [0.2, 0.25) is 0 Å². The van der Waals surface area contributed by atoms with Crippen LogP contribution in [0, 0.1) is 0 Å². The summed E-state index contributed by atoms with van der Waals surface area (Å²) in [6, 6.07) is 54.7. The minimum absolute atomic E-state index is 0.650. The molecule has 10 aromatic rings. The maximum Gasteiger partial charge on any atom is 0.161 e. The Balaban J connectivity index is 1.18. The SMILES string of the molecule is c1ccc(-c2cc(-c3ccc(-c4ccccn4)cc3)nc(-c3ccc(-c4ccc5sc6ccccc6c5c4)c4oc5ccccc5c34)n2)cc1. The van der Waals surface area contributed by atoms with Crippen LogP contribution in [-0.4, -0.2) is 15.0 Å². The lowest BCUT2D eigenvalue weighted by Gasteiger charge is -2.12. The van der Waals surface area contributed by atoms with Gasteiger partial charge in [0.05, 0.1) is 17.1 Å². The van der Waals surface area contributed by atoms with Crippen LogP contribution in [0.2, 0.25) is 0 Å². The molecule has 0 aliphatic heterocycles. The summed E-state index contributed by atoms with van der Waals surface area (Å²) in [6.07, 6.45) is 1.82. The summed E-state index contributed by atoms with van der Waals surface area (Å²) in [5.74, 6) is 0.650. The van der Waals surface area contributed by atoms with E-state index in [-0.39, 0.29) is 0 Å². The van der Waals surface area contributed by atoms with Gasteiger partial charge in [-0.05, 0) is 60.2 Å². The number of benzene rings is 6. The van der Waals surface area contributed by atoms with Gasteiger partial charge in [0.15, 0.2) is 5.82 Å². The molecule has 0 spiro atoms. The molecule has 0 aliphatic carbocycles. The van der Waals surface area contributed by atoms with Gasteiger partial charge in [0.25, 0.3) is 0 Å².